The average Bonchev–Trinajstić information content (AvgIpc) is 3.03. The molecular formula is C23H31N5O. The fourth-order valence-corrected chi connectivity index (χ4v) is 4.30. The summed E-state index contributed by atoms with van der Waals surface area (Å²) in [7, 11) is 0. The maximum atomic E-state index is 12.8. The minimum atomic E-state index is -0.0634. The molecule has 4 rings (SSSR count). The summed E-state index contributed by atoms with van der Waals surface area (Å²) in [5.74, 6) is 0.607. The average molecular weight is 394 g/mol. The lowest BCUT2D eigenvalue weighted by Crippen LogP contribution is -2.47. The lowest BCUT2D eigenvalue weighted by atomic mass is 10.1. The molecule has 1 saturated carbocycles. The third-order valence-corrected chi connectivity index (χ3v) is 5.95. The van der Waals surface area contributed by atoms with Gasteiger partial charge in [-0.05, 0) is 38.0 Å². The Morgan fingerprint density at radius 3 is 2.28 bits per heavy atom. The molecule has 2 aliphatic rings. The predicted molar refractivity (Wildman–Crippen MR) is 117 cm³/mol. The Balaban J connectivity index is 1.41. The van der Waals surface area contributed by atoms with Crippen molar-refractivity contribution in [2.75, 3.05) is 36.0 Å². The summed E-state index contributed by atoms with van der Waals surface area (Å²) in [5.41, 5.74) is 2.58. The number of carbonyl (C=O) groups excluding carboxylic acids is 1. The predicted octanol–water partition coefficient (Wildman–Crippen LogP) is 3.56. The largest absolute Gasteiger partial charge is 0.368 e. The molecule has 1 amide bonds. The molecule has 1 aromatic heterocycles. The molecule has 0 spiro atoms. The van der Waals surface area contributed by atoms with Gasteiger partial charge in [-0.2, -0.15) is 0 Å². The fourth-order valence-electron chi connectivity index (χ4n) is 4.30. The quantitative estimate of drug-likeness (QED) is 0.805. The van der Waals surface area contributed by atoms with Crippen LogP contribution in [0.15, 0.2) is 36.4 Å². The van der Waals surface area contributed by atoms with Crippen LogP contribution in [0, 0.1) is 6.92 Å². The Morgan fingerprint density at radius 1 is 0.931 bits per heavy atom. The number of carbonyl (C=O) groups is 1. The molecule has 2 heterocycles. The van der Waals surface area contributed by atoms with Crippen LogP contribution in [0.25, 0.3) is 0 Å². The van der Waals surface area contributed by atoms with Crippen LogP contribution in [0.1, 0.15) is 54.7 Å². The number of piperazine rings is 1. The van der Waals surface area contributed by atoms with Crippen molar-refractivity contribution in [3.05, 3.63) is 47.8 Å². The van der Waals surface area contributed by atoms with Crippen LogP contribution < -0.4 is 15.1 Å². The molecule has 1 aliphatic carbocycles. The fraction of sp³-hybridized carbons (Fsp3) is 0.522. The topological polar surface area (TPSA) is 61.4 Å². The Bertz CT molecular complexity index is 809. The first kappa shape index (κ1) is 19.7. The summed E-state index contributed by atoms with van der Waals surface area (Å²) in [6.45, 7) is 5.48. The Kier molecular flexibility index (Phi) is 6.27. The van der Waals surface area contributed by atoms with E-state index in [-0.39, 0.29) is 11.9 Å². The van der Waals surface area contributed by atoms with Crippen molar-refractivity contribution in [1.82, 2.24) is 15.3 Å². The van der Waals surface area contributed by atoms with E-state index in [2.05, 4.69) is 49.4 Å². The van der Waals surface area contributed by atoms with Gasteiger partial charge in [-0.3, -0.25) is 4.79 Å². The van der Waals surface area contributed by atoms with E-state index in [0.717, 1.165) is 44.7 Å². The molecule has 2 fully saturated rings. The molecule has 0 unspecified atom stereocenters. The number of aromatic nitrogens is 2. The molecule has 6 nitrogen and oxygen atoms in total. The van der Waals surface area contributed by atoms with Crippen LogP contribution in [0.4, 0.5) is 11.6 Å². The molecule has 6 heteroatoms. The maximum Gasteiger partial charge on any atom is 0.270 e. The Morgan fingerprint density at radius 2 is 1.59 bits per heavy atom. The van der Waals surface area contributed by atoms with Crippen molar-refractivity contribution >= 4 is 17.5 Å². The van der Waals surface area contributed by atoms with E-state index < -0.39 is 0 Å². The van der Waals surface area contributed by atoms with Crippen molar-refractivity contribution in [3.8, 4) is 0 Å². The zero-order chi connectivity index (χ0) is 20.1. The summed E-state index contributed by atoms with van der Waals surface area (Å²) in [6, 6.07) is 12.6. The summed E-state index contributed by atoms with van der Waals surface area (Å²) >= 11 is 0. The summed E-state index contributed by atoms with van der Waals surface area (Å²) in [5, 5.41) is 3.21. The Hall–Kier alpha value is -2.63. The molecule has 1 aliphatic heterocycles. The highest BCUT2D eigenvalue weighted by molar-refractivity contribution is 5.92. The highest BCUT2D eigenvalue weighted by Crippen LogP contribution is 2.20. The molecule has 29 heavy (non-hydrogen) atoms. The van der Waals surface area contributed by atoms with E-state index in [9.17, 15) is 4.79 Å². The first-order valence-electron chi connectivity index (χ1n) is 10.9. The van der Waals surface area contributed by atoms with Gasteiger partial charge in [0.05, 0.1) is 0 Å². The van der Waals surface area contributed by atoms with Crippen LogP contribution in [0.5, 0.6) is 0 Å². The van der Waals surface area contributed by atoms with Crippen LogP contribution in [0.3, 0.4) is 0 Å². The molecule has 1 N–H and O–H groups in total. The maximum absolute atomic E-state index is 12.8. The second-order valence-electron chi connectivity index (χ2n) is 8.17. The number of para-hydroxylation sites is 1. The van der Waals surface area contributed by atoms with Crippen LogP contribution >= 0.6 is 0 Å². The molecule has 0 bridgehead atoms. The summed E-state index contributed by atoms with van der Waals surface area (Å²) < 4.78 is 0. The van der Waals surface area contributed by atoms with Gasteiger partial charge in [-0.25, -0.2) is 9.97 Å². The van der Waals surface area contributed by atoms with Gasteiger partial charge in [0.15, 0.2) is 0 Å². The van der Waals surface area contributed by atoms with Crippen molar-refractivity contribution in [2.24, 2.45) is 0 Å². The number of nitrogens with one attached hydrogen (secondary N) is 1. The van der Waals surface area contributed by atoms with E-state index in [1.54, 1.807) is 6.07 Å². The second-order valence-corrected chi connectivity index (χ2v) is 8.17. The zero-order valence-corrected chi connectivity index (χ0v) is 17.3. The van der Waals surface area contributed by atoms with Crippen molar-refractivity contribution < 1.29 is 4.79 Å². The van der Waals surface area contributed by atoms with Crippen LogP contribution in [0.2, 0.25) is 0 Å². The van der Waals surface area contributed by atoms with Crippen molar-refractivity contribution in [2.45, 2.75) is 51.5 Å². The number of benzene rings is 1. The van der Waals surface area contributed by atoms with Gasteiger partial charge in [-0.15, -0.1) is 0 Å². The van der Waals surface area contributed by atoms with Crippen molar-refractivity contribution in [1.29, 1.82) is 0 Å². The number of anilines is 2. The van der Waals surface area contributed by atoms with Crippen molar-refractivity contribution in [3.63, 3.8) is 0 Å². The normalized spacial score (nSPS) is 18.4. The van der Waals surface area contributed by atoms with Crippen LogP contribution in [-0.2, 0) is 0 Å². The third-order valence-electron chi connectivity index (χ3n) is 5.95. The lowest BCUT2D eigenvalue weighted by molar-refractivity contribution is 0.0928. The molecule has 154 valence electrons. The van der Waals surface area contributed by atoms with E-state index >= 15 is 0 Å². The zero-order valence-electron chi connectivity index (χ0n) is 17.3. The highest BCUT2D eigenvalue weighted by Gasteiger charge is 2.22. The van der Waals surface area contributed by atoms with Gasteiger partial charge >= 0.3 is 0 Å². The third kappa shape index (κ3) is 5.05. The molecule has 0 radical (unpaired) electrons. The summed E-state index contributed by atoms with van der Waals surface area (Å²) in [4.78, 5) is 26.6. The number of aryl methyl sites for hydroxylation is 1. The molecular weight excluding hydrogens is 362 g/mol. The SMILES string of the molecule is Cc1cc(C(=O)NC2CCCCCC2)nc(N2CCN(c3ccccc3)CC2)n1. The van der Waals surface area contributed by atoms with Gasteiger partial charge in [0.2, 0.25) is 5.95 Å². The Labute approximate surface area is 173 Å². The minimum absolute atomic E-state index is 0.0634. The minimum Gasteiger partial charge on any atom is -0.368 e. The van der Waals surface area contributed by atoms with Gasteiger partial charge in [0.25, 0.3) is 5.91 Å². The first-order valence-corrected chi connectivity index (χ1v) is 10.9. The number of nitrogens with zero attached hydrogens (tertiary/aromatic N) is 4. The standard InChI is InChI=1S/C23H31N5O/c1-18-17-21(22(29)25-19-9-5-2-3-6-10-19)26-23(24-18)28-15-13-27(14-16-28)20-11-7-4-8-12-20/h4,7-8,11-12,17,19H,2-3,5-6,9-10,13-16H2,1H3,(H,25,29). The molecule has 2 aromatic rings. The first-order chi connectivity index (χ1) is 14.2. The van der Waals surface area contributed by atoms with E-state index in [1.807, 2.05) is 13.0 Å². The van der Waals surface area contributed by atoms with Gasteiger partial charge in [0, 0.05) is 43.6 Å². The molecule has 1 aromatic carbocycles. The molecule has 0 atom stereocenters. The molecule has 1 saturated heterocycles. The van der Waals surface area contributed by atoms with Gasteiger partial charge in [0.1, 0.15) is 5.69 Å². The van der Waals surface area contributed by atoms with Gasteiger partial charge in [-0.1, -0.05) is 43.9 Å². The lowest BCUT2D eigenvalue weighted by Gasteiger charge is -2.36. The summed E-state index contributed by atoms with van der Waals surface area (Å²) in [6.07, 6.45) is 7.10. The smallest absolute Gasteiger partial charge is 0.270 e. The van der Waals surface area contributed by atoms with E-state index in [1.165, 1.54) is 31.4 Å². The highest BCUT2D eigenvalue weighted by atomic mass is 16.1. The number of hydrogen-bond acceptors (Lipinski definition) is 5. The van der Waals surface area contributed by atoms with E-state index in [4.69, 9.17) is 0 Å². The van der Waals surface area contributed by atoms with E-state index in [0.29, 0.717) is 11.6 Å². The number of hydrogen-bond donors (Lipinski definition) is 1. The van der Waals surface area contributed by atoms with Crippen LogP contribution in [-0.4, -0.2) is 48.1 Å². The number of amides is 1. The monoisotopic (exact) mass is 393 g/mol. The second kappa shape index (κ2) is 9.25. The number of rotatable bonds is 4. The van der Waals surface area contributed by atoms with Gasteiger partial charge < -0.3 is 15.1 Å².